The van der Waals surface area contributed by atoms with E-state index in [4.69, 9.17) is 4.74 Å². The van der Waals surface area contributed by atoms with Crippen molar-refractivity contribution in [3.05, 3.63) is 64.2 Å². The smallest absolute Gasteiger partial charge is 0.419 e. The maximum absolute atomic E-state index is 12.8. The summed E-state index contributed by atoms with van der Waals surface area (Å²) in [4.78, 5) is 37.0. The number of nitrogens with one attached hydrogen (secondary N) is 1. The number of ether oxygens (including phenoxy) is 1. The minimum atomic E-state index is -1.25. The number of carboxylic acid groups (broad SMARTS) is 1. The minimum Gasteiger partial charge on any atom is -0.478 e. The molecule has 0 radical (unpaired) electrons. The fraction of sp³-hybridized carbons (Fsp3) is 0.464. The molecule has 0 heterocycles. The van der Waals surface area contributed by atoms with Crippen LogP contribution in [0.1, 0.15) is 111 Å². The first-order valence-electron chi connectivity index (χ1n) is 11.9. The number of benzene rings is 2. The summed E-state index contributed by atoms with van der Waals surface area (Å²) in [5.74, 6) is -0.753. The third kappa shape index (κ3) is 6.46. The molecular weight excluding hydrogens is 430 g/mol. The average Bonchev–Trinajstić information content (AvgIpc) is 2.73. The SMILES string of the molecule is CC(C)c1cc(C(=O)O)c(C(=O)OC(=O)Nc2ccc(C(C(C)C)C(C)C)cc2)cc1C(C)C. The number of aromatic carboxylic acids is 1. The van der Waals surface area contributed by atoms with Gasteiger partial charge in [-0.1, -0.05) is 67.5 Å². The van der Waals surface area contributed by atoms with Crippen molar-refractivity contribution in [2.75, 3.05) is 5.32 Å². The van der Waals surface area contributed by atoms with Crippen LogP contribution in [0.25, 0.3) is 0 Å². The first-order chi connectivity index (χ1) is 15.8. The average molecular weight is 468 g/mol. The van der Waals surface area contributed by atoms with Crippen LogP contribution in [0.3, 0.4) is 0 Å². The van der Waals surface area contributed by atoms with Crippen molar-refractivity contribution < 1.29 is 24.2 Å². The second kappa shape index (κ2) is 11.3. The zero-order valence-corrected chi connectivity index (χ0v) is 21.4. The van der Waals surface area contributed by atoms with Crippen molar-refractivity contribution in [2.24, 2.45) is 11.8 Å². The van der Waals surface area contributed by atoms with E-state index in [0.29, 0.717) is 23.4 Å². The van der Waals surface area contributed by atoms with Crippen molar-refractivity contribution in [1.29, 1.82) is 0 Å². The molecule has 0 aliphatic heterocycles. The molecular formula is C28H37NO5. The zero-order valence-electron chi connectivity index (χ0n) is 21.4. The van der Waals surface area contributed by atoms with Gasteiger partial charge < -0.3 is 9.84 Å². The lowest BCUT2D eigenvalue weighted by Crippen LogP contribution is -2.21. The first kappa shape index (κ1) is 27.1. The van der Waals surface area contributed by atoms with Crippen LogP contribution >= 0.6 is 0 Å². The predicted molar refractivity (Wildman–Crippen MR) is 135 cm³/mol. The van der Waals surface area contributed by atoms with E-state index in [1.54, 1.807) is 12.1 Å². The van der Waals surface area contributed by atoms with E-state index in [9.17, 15) is 19.5 Å². The van der Waals surface area contributed by atoms with Gasteiger partial charge in [0.1, 0.15) is 0 Å². The Morgan fingerprint density at radius 2 is 1.24 bits per heavy atom. The monoisotopic (exact) mass is 467 g/mol. The van der Waals surface area contributed by atoms with Crippen LogP contribution in [0.15, 0.2) is 36.4 Å². The van der Waals surface area contributed by atoms with E-state index in [2.05, 4.69) is 33.0 Å². The summed E-state index contributed by atoms with van der Waals surface area (Å²) in [7, 11) is 0. The number of carboxylic acids is 1. The van der Waals surface area contributed by atoms with Crippen LogP contribution in [0.5, 0.6) is 0 Å². The van der Waals surface area contributed by atoms with Gasteiger partial charge in [0, 0.05) is 5.69 Å². The number of carbonyl (C=O) groups excluding carboxylic acids is 2. The van der Waals surface area contributed by atoms with Gasteiger partial charge in [0.2, 0.25) is 0 Å². The summed E-state index contributed by atoms with van der Waals surface area (Å²) in [6.45, 7) is 16.6. The topological polar surface area (TPSA) is 92.7 Å². The number of esters is 1. The van der Waals surface area contributed by atoms with E-state index in [0.717, 1.165) is 11.1 Å². The highest BCUT2D eigenvalue weighted by Crippen LogP contribution is 2.33. The van der Waals surface area contributed by atoms with Crippen LogP contribution < -0.4 is 5.32 Å². The molecule has 0 aromatic heterocycles. The standard InChI is InChI=1S/C28H37NO5/c1-15(2)21-13-23(26(30)31)24(14-22(21)16(3)4)27(32)34-28(33)29-20-11-9-19(10-12-20)25(17(5)6)18(7)8/h9-18,25H,1-8H3,(H,29,33)(H,30,31). The molecule has 0 aliphatic carbocycles. The number of hydrogen-bond donors (Lipinski definition) is 2. The highest BCUT2D eigenvalue weighted by molar-refractivity contribution is 6.07. The van der Waals surface area contributed by atoms with Gasteiger partial charge in [-0.05, 0) is 70.5 Å². The molecule has 0 fully saturated rings. The second-order valence-corrected chi connectivity index (χ2v) is 10.1. The summed E-state index contributed by atoms with van der Waals surface area (Å²) >= 11 is 0. The van der Waals surface area contributed by atoms with Crippen LogP contribution in [-0.2, 0) is 4.74 Å². The Morgan fingerprint density at radius 1 is 0.765 bits per heavy atom. The Morgan fingerprint density at radius 3 is 1.65 bits per heavy atom. The molecule has 6 nitrogen and oxygen atoms in total. The van der Waals surface area contributed by atoms with Crippen molar-refractivity contribution in [3.63, 3.8) is 0 Å². The van der Waals surface area contributed by atoms with Crippen LogP contribution in [0.4, 0.5) is 10.5 Å². The quantitative estimate of drug-likeness (QED) is 0.311. The molecule has 0 aliphatic rings. The molecule has 2 rings (SSSR count). The molecule has 0 spiro atoms. The van der Waals surface area contributed by atoms with Gasteiger partial charge in [-0.2, -0.15) is 0 Å². The van der Waals surface area contributed by atoms with Gasteiger partial charge in [-0.25, -0.2) is 14.4 Å². The molecule has 0 saturated heterocycles. The molecule has 1 amide bonds. The third-order valence-corrected chi connectivity index (χ3v) is 6.08. The molecule has 0 unspecified atom stereocenters. The molecule has 2 aromatic rings. The van der Waals surface area contributed by atoms with Crippen molar-refractivity contribution in [2.45, 2.75) is 73.1 Å². The fourth-order valence-corrected chi connectivity index (χ4v) is 4.59. The van der Waals surface area contributed by atoms with Gasteiger partial charge in [-0.3, -0.25) is 5.32 Å². The Kier molecular flexibility index (Phi) is 9.02. The summed E-state index contributed by atoms with van der Waals surface area (Å²) in [6.07, 6.45) is -0.961. The van der Waals surface area contributed by atoms with E-state index in [-0.39, 0.29) is 23.0 Å². The summed E-state index contributed by atoms with van der Waals surface area (Å²) in [6, 6.07) is 10.5. The van der Waals surface area contributed by atoms with Crippen molar-refractivity contribution in [3.8, 4) is 0 Å². The van der Waals surface area contributed by atoms with Gasteiger partial charge in [-0.15, -0.1) is 0 Å². The maximum Gasteiger partial charge on any atom is 0.419 e. The normalized spacial score (nSPS) is 11.6. The van der Waals surface area contributed by atoms with Gasteiger partial charge in [0.15, 0.2) is 0 Å². The lowest BCUT2D eigenvalue weighted by molar-refractivity contribution is 0.0617. The number of amides is 1. The number of carbonyl (C=O) groups is 3. The summed E-state index contributed by atoms with van der Waals surface area (Å²) in [5.41, 5.74) is 3.07. The number of rotatable bonds is 8. The predicted octanol–water partition coefficient (Wildman–Crippen LogP) is 7.42. The molecule has 2 N–H and O–H groups in total. The molecule has 34 heavy (non-hydrogen) atoms. The highest BCUT2D eigenvalue weighted by atomic mass is 16.6. The molecule has 0 bridgehead atoms. The molecule has 0 saturated carbocycles. The van der Waals surface area contributed by atoms with E-state index >= 15 is 0 Å². The van der Waals surface area contributed by atoms with Crippen LogP contribution in [0, 0.1) is 11.8 Å². The maximum atomic E-state index is 12.8. The lowest BCUT2D eigenvalue weighted by Gasteiger charge is -2.25. The van der Waals surface area contributed by atoms with E-state index in [1.807, 2.05) is 39.8 Å². The number of hydrogen-bond acceptors (Lipinski definition) is 4. The van der Waals surface area contributed by atoms with Crippen LogP contribution in [-0.4, -0.2) is 23.1 Å². The number of anilines is 1. The lowest BCUT2D eigenvalue weighted by atomic mass is 9.80. The first-order valence-corrected chi connectivity index (χ1v) is 11.9. The summed E-state index contributed by atoms with van der Waals surface area (Å²) in [5, 5.41) is 12.2. The summed E-state index contributed by atoms with van der Waals surface area (Å²) < 4.78 is 4.97. The van der Waals surface area contributed by atoms with E-state index < -0.39 is 18.0 Å². The molecule has 6 heteroatoms. The molecule has 0 atom stereocenters. The highest BCUT2D eigenvalue weighted by Gasteiger charge is 2.25. The van der Waals surface area contributed by atoms with Gasteiger partial charge >= 0.3 is 18.0 Å². The fourth-order valence-electron chi connectivity index (χ4n) is 4.59. The van der Waals surface area contributed by atoms with Crippen molar-refractivity contribution in [1.82, 2.24) is 0 Å². The van der Waals surface area contributed by atoms with Crippen LogP contribution in [0.2, 0.25) is 0 Å². The Bertz CT molecular complexity index is 1030. The zero-order chi connectivity index (χ0) is 25.7. The molecule has 2 aromatic carbocycles. The van der Waals surface area contributed by atoms with Crippen molar-refractivity contribution >= 4 is 23.7 Å². The Labute approximate surface area is 202 Å². The van der Waals surface area contributed by atoms with E-state index in [1.165, 1.54) is 17.7 Å². The van der Waals surface area contributed by atoms with Gasteiger partial charge in [0.05, 0.1) is 11.1 Å². The van der Waals surface area contributed by atoms with Gasteiger partial charge in [0.25, 0.3) is 0 Å². The Balaban J connectivity index is 2.23. The Hall–Kier alpha value is -3.15. The molecule has 184 valence electrons. The second-order valence-electron chi connectivity index (χ2n) is 10.1. The minimum absolute atomic E-state index is 0.0691. The largest absolute Gasteiger partial charge is 0.478 e. The third-order valence-electron chi connectivity index (χ3n) is 6.08.